The molecular weight excluding hydrogens is 322 g/mol. The number of thiazole rings is 1. The van der Waals surface area contributed by atoms with E-state index in [2.05, 4.69) is 32.7 Å². The van der Waals surface area contributed by atoms with E-state index in [-0.39, 0.29) is 0 Å². The summed E-state index contributed by atoms with van der Waals surface area (Å²) in [4.78, 5) is 10.3. The van der Waals surface area contributed by atoms with E-state index in [0.717, 1.165) is 22.6 Å². The standard InChI is InChI=1S/C16H25N7S/c1-11-8-17-15(24-11)10-19-16(20-13-6-4-5-7-13)18-9-14-22-21-12(2)23(14)3/h8,13H,4-7,9-10H2,1-3H3,(H2,18,19,20). The Kier molecular flexibility index (Phi) is 5.44. The lowest BCUT2D eigenvalue weighted by Gasteiger charge is -2.16. The molecule has 0 unspecified atom stereocenters. The molecule has 0 bridgehead atoms. The highest BCUT2D eigenvalue weighted by molar-refractivity contribution is 7.11. The Balaban J connectivity index is 1.65. The predicted octanol–water partition coefficient (Wildman–Crippen LogP) is 2.07. The van der Waals surface area contributed by atoms with Crippen LogP contribution < -0.4 is 10.6 Å². The number of aromatic nitrogens is 4. The molecule has 130 valence electrons. The maximum absolute atomic E-state index is 4.70. The topological polar surface area (TPSA) is 80.0 Å². The van der Waals surface area contributed by atoms with Crippen LogP contribution in [0.2, 0.25) is 0 Å². The molecule has 0 spiro atoms. The van der Waals surface area contributed by atoms with Gasteiger partial charge < -0.3 is 15.2 Å². The normalized spacial score (nSPS) is 15.9. The smallest absolute Gasteiger partial charge is 0.192 e. The lowest BCUT2D eigenvalue weighted by atomic mass is 10.2. The van der Waals surface area contributed by atoms with Crippen LogP contribution >= 0.6 is 11.3 Å². The first-order valence-electron chi connectivity index (χ1n) is 8.43. The molecule has 7 nitrogen and oxygen atoms in total. The van der Waals surface area contributed by atoms with Gasteiger partial charge in [0.15, 0.2) is 11.8 Å². The monoisotopic (exact) mass is 347 g/mol. The van der Waals surface area contributed by atoms with Gasteiger partial charge in [0.1, 0.15) is 17.4 Å². The van der Waals surface area contributed by atoms with Gasteiger partial charge in [-0.1, -0.05) is 12.8 Å². The van der Waals surface area contributed by atoms with Crippen LogP contribution in [0.1, 0.15) is 47.2 Å². The van der Waals surface area contributed by atoms with Crippen LogP contribution in [0.25, 0.3) is 0 Å². The molecule has 0 amide bonds. The van der Waals surface area contributed by atoms with Gasteiger partial charge in [-0.3, -0.25) is 0 Å². The molecule has 0 aromatic carbocycles. The number of aryl methyl sites for hydroxylation is 2. The van der Waals surface area contributed by atoms with Crippen molar-refractivity contribution in [2.75, 3.05) is 0 Å². The molecule has 0 radical (unpaired) electrons. The van der Waals surface area contributed by atoms with E-state index in [1.54, 1.807) is 11.3 Å². The van der Waals surface area contributed by atoms with Crippen molar-refractivity contribution in [2.24, 2.45) is 12.0 Å². The molecule has 1 saturated carbocycles. The minimum atomic E-state index is 0.510. The molecule has 0 aliphatic heterocycles. The second kappa shape index (κ2) is 7.74. The molecule has 1 aliphatic rings. The van der Waals surface area contributed by atoms with Gasteiger partial charge in [0.2, 0.25) is 0 Å². The third-order valence-corrected chi connectivity index (χ3v) is 5.25. The third-order valence-electron chi connectivity index (χ3n) is 4.33. The Morgan fingerprint density at radius 1 is 1.33 bits per heavy atom. The molecule has 2 heterocycles. The number of rotatable bonds is 5. The molecular formula is C16H25N7S. The largest absolute Gasteiger partial charge is 0.354 e. The summed E-state index contributed by atoms with van der Waals surface area (Å²) in [5.41, 5.74) is 0. The van der Waals surface area contributed by atoms with Gasteiger partial charge in [-0.15, -0.1) is 21.5 Å². The zero-order valence-electron chi connectivity index (χ0n) is 14.5. The Morgan fingerprint density at radius 2 is 2.12 bits per heavy atom. The second-order valence-electron chi connectivity index (χ2n) is 6.23. The molecule has 8 heteroatoms. The Bertz CT molecular complexity index is 697. The maximum atomic E-state index is 4.70. The molecule has 0 atom stereocenters. The first-order valence-corrected chi connectivity index (χ1v) is 9.24. The average Bonchev–Trinajstić information content (AvgIpc) is 3.28. The molecule has 2 aromatic heterocycles. The minimum Gasteiger partial charge on any atom is -0.354 e. The highest BCUT2D eigenvalue weighted by Crippen LogP contribution is 2.17. The average molecular weight is 347 g/mol. The number of hydrogen-bond acceptors (Lipinski definition) is 5. The van der Waals surface area contributed by atoms with Gasteiger partial charge >= 0.3 is 0 Å². The van der Waals surface area contributed by atoms with Crippen molar-refractivity contribution < 1.29 is 0 Å². The fourth-order valence-corrected chi connectivity index (χ4v) is 3.52. The predicted molar refractivity (Wildman–Crippen MR) is 96.0 cm³/mol. The number of nitrogens with one attached hydrogen (secondary N) is 2. The summed E-state index contributed by atoms with van der Waals surface area (Å²) in [6, 6.07) is 0.510. The molecule has 1 aliphatic carbocycles. The van der Waals surface area contributed by atoms with E-state index in [1.807, 2.05) is 24.7 Å². The van der Waals surface area contributed by atoms with Crippen LogP contribution in [-0.2, 0) is 20.1 Å². The van der Waals surface area contributed by atoms with Crippen molar-refractivity contribution in [2.45, 2.75) is 58.7 Å². The minimum absolute atomic E-state index is 0.510. The van der Waals surface area contributed by atoms with Crippen LogP contribution in [0.5, 0.6) is 0 Å². The van der Waals surface area contributed by atoms with Gasteiger partial charge in [0.25, 0.3) is 0 Å². The summed E-state index contributed by atoms with van der Waals surface area (Å²) in [6.45, 7) is 5.22. The van der Waals surface area contributed by atoms with Crippen LogP contribution in [0.3, 0.4) is 0 Å². The number of nitrogens with zero attached hydrogens (tertiary/aromatic N) is 5. The lowest BCUT2D eigenvalue weighted by Crippen LogP contribution is -2.42. The maximum Gasteiger partial charge on any atom is 0.192 e. The van der Waals surface area contributed by atoms with E-state index >= 15 is 0 Å². The zero-order chi connectivity index (χ0) is 16.9. The van der Waals surface area contributed by atoms with Gasteiger partial charge in [-0.05, 0) is 26.7 Å². The Labute approximate surface area is 146 Å². The van der Waals surface area contributed by atoms with E-state index in [0.29, 0.717) is 19.1 Å². The van der Waals surface area contributed by atoms with Crippen LogP contribution in [0.4, 0.5) is 0 Å². The molecule has 1 fully saturated rings. The first kappa shape index (κ1) is 16.9. The van der Waals surface area contributed by atoms with E-state index in [9.17, 15) is 0 Å². The first-order chi connectivity index (χ1) is 11.6. The van der Waals surface area contributed by atoms with Crippen LogP contribution in [-0.4, -0.2) is 31.7 Å². The van der Waals surface area contributed by atoms with E-state index < -0.39 is 0 Å². The molecule has 2 N–H and O–H groups in total. The lowest BCUT2D eigenvalue weighted by molar-refractivity contribution is 0.609. The van der Waals surface area contributed by atoms with Crippen molar-refractivity contribution in [3.63, 3.8) is 0 Å². The summed E-state index contributed by atoms with van der Waals surface area (Å²) in [5.74, 6) is 2.59. The fourth-order valence-electron chi connectivity index (χ4n) is 2.80. The number of aliphatic imine (C=N–C) groups is 1. The number of guanidine groups is 1. The highest BCUT2D eigenvalue weighted by Gasteiger charge is 2.16. The Hall–Kier alpha value is -1.96. The SMILES string of the molecule is Cc1cnc(CNC(=NCc2nnc(C)n2C)NC2CCCC2)s1. The highest BCUT2D eigenvalue weighted by atomic mass is 32.1. The van der Waals surface area contributed by atoms with Crippen molar-refractivity contribution in [3.8, 4) is 0 Å². The summed E-state index contributed by atoms with van der Waals surface area (Å²) < 4.78 is 1.97. The second-order valence-corrected chi connectivity index (χ2v) is 7.55. The van der Waals surface area contributed by atoms with E-state index in [1.165, 1.54) is 30.6 Å². The van der Waals surface area contributed by atoms with Gasteiger partial charge in [0.05, 0.1) is 6.54 Å². The third kappa shape index (κ3) is 4.31. The van der Waals surface area contributed by atoms with Gasteiger partial charge in [-0.2, -0.15) is 0 Å². The number of hydrogen-bond donors (Lipinski definition) is 2. The van der Waals surface area contributed by atoms with Crippen molar-refractivity contribution >= 4 is 17.3 Å². The van der Waals surface area contributed by atoms with Crippen molar-refractivity contribution in [1.29, 1.82) is 0 Å². The molecule has 0 saturated heterocycles. The van der Waals surface area contributed by atoms with Gasteiger partial charge in [-0.25, -0.2) is 9.98 Å². The zero-order valence-corrected chi connectivity index (χ0v) is 15.4. The fraction of sp³-hybridized carbons (Fsp3) is 0.625. The van der Waals surface area contributed by atoms with E-state index in [4.69, 9.17) is 4.99 Å². The molecule has 24 heavy (non-hydrogen) atoms. The quantitative estimate of drug-likeness (QED) is 0.639. The Morgan fingerprint density at radius 3 is 2.75 bits per heavy atom. The van der Waals surface area contributed by atoms with Crippen LogP contribution in [0, 0.1) is 13.8 Å². The summed E-state index contributed by atoms with van der Waals surface area (Å²) in [5, 5.41) is 16.3. The van der Waals surface area contributed by atoms with Crippen molar-refractivity contribution in [1.82, 2.24) is 30.4 Å². The summed E-state index contributed by atoms with van der Waals surface area (Å²) in [7, 11) is 1.97. The van der Waals surface area contributed by atoms with Crippen LogP contribution in [0.15, 0.2) is 11.2 Å². The summed E-state index contributed by atoms with van der Waals surface area (Å²) >= 11 is 1.71. The molecule has 3 rings (SSSR count). The molecule has 2 aromatic rings. The van der Waals surface area contributed by atoms with Gasteiger partial charge in [0, 0.05) is 24.2 Å². The van der Waals surface area contributed by atoms with Crippen molar-refractivity contribution in [3.05, 3.63) is 27.7 Å². The summed E-state index contributed by atoms with van der Waals surface area (Å²) in [6.07, 6.45) is 6.91.